The smallest absolute Gasteiger partial charge is 0.337 e. The molecule has 40 heavy (non-hydrogen) atoms. The molecule has 0 aliphatic carbocycles. The molecule has 0 saturated heterocycles. The minimum absolute atomic E-state index is 0.0442. The standard InChI is InChI=1S/C34H41ClO5/c1-4-6-7-8-9-10-11-12-23-39-30-22-21-29(33(36)37)32(35)31(30)27-15-13-25(14-16-27)26-17-19-28(20-18-26)40-34(38)24(3)5-2/h13-22,24H,4-12,23H2,1-3H3,(H,36,37)/t24-/m0/s1. The molecule has 0 unspecified atom stereocenters. The molecule has 1 N–H and O–H groups in total. The van der Waals surface area contributed by atoms with Gasteiger partial charge in [0.2, 0.25) is 0 Å². The van der Waals surface area contributed by atoms with Crippen LogP contribution in [0.15, 0.2) is 60.7 Å². The lowest BCUT2D eigenvalue weighted by Gasteiger charge is -2.15. The Morgan fingerprint density at radius 1 is 0.775 bits per heavy atom. The van der Waals surface area contributed by atoms with E-state index in [4.69, 9.17) is 21.1 Å². The van der Waals surface area contributed by atoms with Gasteiger partial charge in [0.25, 0.3) is 0 Å². The summed E-state index contributed by atoms with van der Waals surface area (Å²) in [6.45, 7) is 6.58. The summed E-state index contributed by atoms with van der Waals surface area (Å²) in [5.41, 5.74) is 3.34. The summed E-state index contributed by atoms with van der Waals surface area (Å²) in [7, 11) is 0. The molecule has 0 bridgehead atoms. The number of unbranched alkanes of at least 4 members (excludes halogenated alkanes) is 7. The highest BCUT2D eigenvalue weighted by atomic mass is 35.5. The van der Waals surface area contributed by atoms with Crippen molar-refractivity contribution in [2.24, 2.45) is 5.92 Å². The van der Waals surface area contributed by atoms with E-state index < -0.39 is 5.97 Å². The Morgan fingerprint density at radius 2 is 1.32 bits per heavy atom. The minimum Gasteiger partial charge on any atom is -0.493 e. The topological polar surface area (TPSA) is 72.8 Å². The Bertz CT molecular complexity index is 1230. The van der Waals surface area contributed by atoms with E-state index >= 15 is 0 Å². The SMILES string of the molecule is CCCCCCCCCCOc1ccc(C(=O)O)c(Cl)c1-c1ccc(-c2ccc(OC(=O)[C@@H](C)CC)cc2)cc1. The molecule has 0 amide bonds. The van der Waals surface area contributed by atoms with Crippen LogP contribution in [0.3, 0.4) is 0 Å². The zero-order chi connectivity index (χ0) is 28.9. The number of aromatic carboxylic acids is 1. The third-order valence-electron chi connectivity index (χ3n) is 7.18. The van der Waals surface area contributed by atoms with Crippen LogP contribution in [0.1, 0.15) is 88.9 Å². The van der Waals surface area contributed by atoms with Crippen LogP contribution in [-0.4, -0.2) is 23.7 Å². The molecular weight excluding hydrogens is 524 g/mol. The summed E-state index contributed by atoms with van der Waals surface area (Å²) in [6.07, 6.45) is 10.4. The van der Waals surface area contributed by atoms with E-state index in [0.717, 1.165) is 36.0 Å². The Labute approximate surface area is 243 Å². The van der Waals surface area contributed by atoms with Gasteiger partial charge in [-0.2, -0.15) is 0 Å². The van der Waals surface area contributed by atoms with E-state index in [2.05, 4.69) is 6.92 Å². The van der Waals surface area contributed by atoms with Gasteiger partial charge in [-0.1, -0.05) is 114 Å². The van der Waals surface area contributed by atoms with E-state index in [1.54, 1.807) is 18.2 Å². The van der Waals surface area contributed by atoms with Crippen molar-refractivity contribution in [1.82, 2.24) is 0 Å². The van der Waals surface area contributed by atoms with Crippen molar-refractivity contribution in [2.75, 3.05) is 6.61 Å². The van der Waals surface area contributed by atoms with Crippen LogP contribution in [0.5, 0.6) is 11.5 Å². The van der Waals surface area contributed by atoms with E-state index in [1.807, 2.05) is 50.2 Å². The average molecular weight is 565 g/mol. The lowest BCUT2D eigenvalue weighted by Crippen LogP contribution is -2.16. The van der Waals surface area contributed by atoms with Crippen LogP contribution in [0.25, 0.3) is 22.3 Å². The first-order chi connectivity index (χ1) is 19.3. The van der Waals surface area contributed by atoms with Crippen LogP contribution < -0.4 is 9.47 Å². The Balaban J connectivity index is 1.70. The molecule has 0 aliphatic rings. The quantitative estimate of drug-likeness (QED) is 0.106. The fourth-order valence-corrected chi connectivity index (χ4v) is 4.81. The van der Waals surface area contributed by atoms with E-state index in [0.29, 0.717) is 23.7 Å². The van der Waals surface area contributed by atoms with Crippen molar-refractivity contribution in [3.05, 3.63) is 71.2 Å². The molecule has 0 spiro atoms. The van der Waals surface area contributed by atoms with Crippen molar-refractivity contribution in [1.29, 1.82) is 0 Å². The van der Waals surface area contributed by atoms with Gasteiger partial charge in [-0.25, -0.2) is 4.79 Å². The lowest BCUT2D eigenvalue weighted by atomic mass is 9.98. The largest absolute Gasteiger partial charge is 0.493 e. The maximum absolute atomic E-state index is 12.1. The molecule has 0 heterocycles. The molecule has 214 valence electrons. The van der Waals surface area contributed by atoms with Crippen LogP contribution >= 0.6 is 11.6 Å². The van der Waals surface area contributed by atoms with Gasteiger partial charge in [-0.3, -0.25) is 4.79 Å². The van der Waals surface area contributed by atoms with Crippen molar-refractivity contribution in [3.8, 4) is 33.8 Å². The zero-order valence-corrected chi connectivity index (χ0v) is 24.6. The predicted molar refractivity (Wildman–Crippen MR) is 162 cm³/mol. The first-order valence-corrected chi connectivity index (χ1v) is 14.8. The molecule has 0 aliphatic heterocycles. The molecule has 1 atom stereocenters. The highest BCUT2D eigenvalue weighted by molar-refractivity contribution is 6.36. The summed E-state index contributed by atoms with van der Waals surface area (Å²) in [6, 6.07) is 18.3. The normalized spacial score (nSPS) is 11.7. The van der Waals surface area contributed by atoms with Gasteiger partial charge < -0.3 is 14.6 Å². The Morgan fingerprint density at radius 3 is 1.90 bits per heavy atom. The molecule has 6 heteroatoms. The average Bonchev–Trinajstić information content (AvgIpc) is 2.96. The number of rotatable bonds is 16. The maximum atomic E-state index is 12.1. The zero-order valence-electron chi connectivity index (χ0n) is 23.9. The molecular formula is C34H41ClO5. The summed E-state index contributed by atoms with van der Waals surface area (Å²) in [5, 5.41) is 9.80. The molecule has 0 saturated carbocycles. The summed E-state index contributed by atoms with van der Waals surface area (Å²) >= 11 is 6.61. The number of benzene rings is 3. The van der Waals surface area contributed by atoms with Gasteiger partial charge in [0.1, 0.15) is 11.5 Å². The second-order valence-corrected chi connectivity index (χ2v) is 10.6. The van der Waals surface area contributed by atoms with Gasteiger partial charge in [-0.15, -0.1) is 0 Å². The maximum Gasteiger partial charge on any atom is 0.337 e. The Hall–Kier alpha value is -3.31. The van der Waals surface area contributed by atoms with Gasteiger partial charge in [0.15, 0.2) is 0 Å². The second kappa shape index (κ2) is 16.1. The van der Waals surface area contributed by atoms with Crippen molar-refractivity contribution < 1.29 is 24.2 Å². The number of carboxylic acids is 1. The fraction of sp³-hybridized carbons (Fsp3) is 0.412. The van der Waals surface area contributed by atoms with Crippen LogP contribution in [-0.2, 0) is 4.79 Å². The molecule has 3 aromatic rings. The van der Waals surface area contributed by atoms with E-state index in [9.17, 15) is 14.7 Å². The summed E-state index contributed by atoms with van der Waals surface area (Å²) < 4.78 is 11.6. The third kappa shape index (κ3) is 8.85. The molecule has 3 aromatic carbocycles. The number of carbonyl (C=O) groups excluding carboxylic acids is 1. The molecule has 0 radical (unpaired) electrons. The van der Waals surface area contributed by atoms with Gasteiger partial charge in [0, 0.05) is 5.56 Å². The molecule has 5 nitrogen and oxygen atoms in total. The number of halogens is 1. The summed E-state index contributed by atoms with van der Waals surface area (Å²) in [5.74, 6) is -0.362. The van der Waals surface area contributed by atoms with E-state index in [1.165, 1.54) is 44.6 Å². The molecule has 0 fully saturated rings. The van der Waals surface area contributed by atoms with Crippen molar-refractivity contribution in [3.63, 3.8) is 0 Å². The number of carboxylic acid groups (broad SMARTS) is 1. The number of hydrogen-bond acceptors (Lipinski definition) is 4. The van der Waals surface area contributed by atoms with Gasteiger partial charge in [0.05, 0.1) is 23.1 Å². The Kier molecular flexibility index (Phi) is 12.5. The fourth-order valence-electron chi connectivity index (χ4n) is 4.46. The first kappa shape index (κ1) is 31.2. The first-order valence-electron chi connectivity index (χ1n) is 14.5. The van der Waals surface area contributed by atoms with Gasteiger partial charge in [-0.05, 0) is 53.8 Å². The van der Waals surface area contributed by atoms with Crippen molar-refractivity contribution in [2.45, 2.75) is 78.6 Å². The second-order valence-electron chi connectivity index (χ2n) is 10.3. The minimum atomic E-state index is -1.08. The van der Waals surface area contributed by atoms with Gasteiger partial charge >= 0.3 is 11.9 Å². The predicted octanol–water partition coefficient (Wildman–Crippen LogP) is 9.84. The van der Waals surface area contributed by atoms with Crippen LogP contribution in [0, 0.1) is 5.92 Å². The third-order valence-corrected chi connectivity index (χ3v) is 7.58. The molecule has 0 aromatic heterocycles. The lowest BCUT2D eigenvalue weighted by molar-refractivity contribution is -0.138. The number of carbonyl (C=O) groups is 2. The monoisotopic (exact) mass is 564 g/mol. The van der Waals surface area contributed by atoms with E-state index in [-0.39, 0.29) is 22.5 Å². The van der Waals surface area contributed by atoms with Crippen LogP contribution in [0.4, 0.5) is 0 Å². The highest BCUT2D eigenvalue weighted by Crippen LogP contribution is 2.40. The number of hydrogen-bond donors (Lipinski definition) is 1. The number of ether oxygens (including phenoxy) is 2. The van der Waals surface area contributed by atoms with Crippen LogP contribution in [0.2, 0.25) is 5.02 Å². The summed E-state index contributed by atoms with van der Waals surface area (Å²) in [4.78, 5) is 23.8. The highest BCUT2D eigenvalue weighted by Gasteiger charge is 2.19. The number of esters is 1. The van der Waals surface area contributed by atoms with Crippen molar-refractivity contribution >= 4 is 23.5 Å². The molecule has 3 rings (SSSR count).